The maximum absolute atomic E-state index is 9.76. The van der Waals surface area contributed by atoms with Gasteiger partial charge in [-0.1, -0.05) is 0 Å². The number of hydrogen-bond donors (Lipinski definition) is 2. The van der Waals surface area contributed by atoms with E-state index in [0.717, 1.165) is 0 Å². The Balaban J connectivity index is 2.49. The van der Waals surface area contributed by atoms with Crippen molar-refractivity contribution >= 4 is 0 Å². The molecule has 3 N–H and O–H groups in total. The van der Waals surface area contributed by atoms with Gasteiger partial charge in [0.1, 0.15) is 5.60 Å². The average molecular weight is 161 g/mol. The molecular weight excluding hydrogens is 146 g/mol. The largest absolute Gasteiger partial charge is 0.383 e. The van der Waals surface area contributed by atoms with E-state index in [1.807, 2.05) is 0 Å². The van der Waals surface area contributed by atoms with E-state index in [4.69, 9.17) is 15.2 Å². The van der Waals surface area contributed by atoms with Crippen LogP contribution in [0.2, 0.25) is 0 Å². The summed E-state index contributed by atoms with van der Waals surface area (Å²) in [5.74, 6) is 0. The van der Waals surface area contributed by atoms with Crippen molar-refractivity contribution < 1.29 is 14.6 Å². The molecule has 4 nitrogen and oxygen atoms in total. The van der Waals surface area contributed by atoms with E-state index in [-0.39, 0.29) is 19.3 Å². The molecule has 66 valence electrons. The molecular formula is C7H15NO3. The molecule has 2 atom stereocenters. The highest BCUT2D eigenvalue weighted by Crippen LogP contribution is 2.17. The Morgan fingerprint density at radius 3 is 3.09 bits per heavy atom. The van der Waals surface area contributed by atoms with Crippen molar-refractivity contribution in [3.8, 4) is 0 Å². The van der Waals surface area contributed by atoms with Crippen LogP contribution >= 0.6 is 0 Å². The Morgan fingerprint density at radius 1 is 1.82 bits per heavy atom. The molecule has 1 aliphatic heterocycles. The summed E-state index contributed by atoms with van der Waals surface area (Å²) in [6.07, 6.45) is 0.694. The minimum atomic E-state index is -0.979. The minimum absolute atomic E-state index is 0.226. The number of methoxy groups -OCH3 is 1. The molecule has 0 spiro atoms. The summed E-state index contributed by atoms with van der Waals surface area (Å²) >= 11 is 0. The summed E-state index contributed by atoms with van der Waals surface area (Å²) in [7, 11) is 1.54. The van der Waals surface area contributed by atoms with Gasteiger partial charge in [0.2, 0.25) is 0 Å². The van der Waals surface area contributed by atoms with E-state index in [2.05, 4.69) is 0 Å². The second kappa shape index (κ2) is 3.49. The zero-order valence-electron chi connectivity index (χ0n) is 6.75. The summed E-state index contributed by atoms with van der Waals surface area (Å²) in [6.45, 7) is 1.16. The average Bonchev–Trinajstić information content (AvgIpc) is 1.96. The molecule has 1 saturated heterocycles. The molecule has 4 heteroatoms. The van der Waals surface area contributed by atoms with Gasteiger partial charge in [-0.05, 0) is 6.42 Å². The first-order valence-corrected chi connectivity index (χ1v) is 3.74. The standard InChI is InChI=1S/C7H15NO3/c1-10-4-7(9)5-11-3-2-6(7)8/h6,9H,2-5,8H2,1H3. The highest BCUT2D eigenvalue weighted by Gasteiger charge is 2.37. The first-order chi connectivity index (χ1) is 5.19. The Kier molecular flexibility index (Phi) is 2.84. The normalized spacial score (nSPS) is 39.0. The maximum Gasteiger partial charge on any atom is 0.126 e. The molecule has 0 aromatic carbocycles. The molecule has 0 saturated carbocycles. The van der Waals surface area contributed by atoms with Crippen molar-refractivity contribution in [1.29, 1.82) is 0 Å². The molecule has 1 aliphatic rings. The summed E-state index contributed by atoms with van der Waals surface area (Å²) in [5, 5.41) is 9.76. The lowest BCUT2D eigenvalue weighted by Gasteiger charge is -2.36. The minimum Gasteiger partial charge on any atom is -0.383 e. The van der Waals surface area contributed by atoms with Crippen LogP contribution in [0.5, 0.6) is 0 Å². The topological polar surface area (TPSA) is 64.7 Å². The van der Waals surface area contributed by atoms with Gasteiger partial charge in [0.25, 0.3) is 0 Å². The highest BCUT2D eigenvalue weighted by atomic mass is 16.5. The molecule has 1 heterocycles. The van der Waals surface area contributed by atoms with Crippen LogP contribution in [0.3, 0.4) is 0 Å². The van der Waals surface area contributed by atoms with Crippen LogP contribution in [0, 0.1) is 0 Å². The second-order valence-corrected chi connectivity index (χ2v) is 2.98. The third-order valence-corrected chi connectivity index (χ3v) is 2.01. The molecule has 0 radical (unpaired) electrons. The first-order valence-electron chi connectivity index (χ1n) is 3.74. The Morgan fingerprint density at radius 2 is 2.55 bits per heavy atom. The van der Waals surface area contributed by atoms with Gasteiger partial charge in [0.15, 0.2) is 0 Å². The Hall–Kier alpha value is -0.160. The molecule has 2 unspecified atom stereocenters. The number of aliphatic hydroxyl groups is 1. The predicted molar refractivity (Wildman–Crippen MR) is 40.2 cm³/mol. The summed E-state index contributed by atoms with van der Waals surface area (Å²) in [6, 6.07) is -0.226. The Bertz CT molecular complexity index is 127. The number of hydrogen-bond acceptors (Lipinski definition) is 4. The number of nitrogens with two attached hydrogens (primary N) is 1. The van der Waals surface area contributed by atoms with Crippen LogP contribution in [-0.4, -0.2) is 43.7 Å². The lowest BCUT2D eigenvalue weighted by atomic mass is 9.92. The fourth-order valence-electron chi connectivity index (χ4n) is 1.23. The van der Waals surface area contributed by atoms with E-state index in [1.54, 1.807) is 7.11 Å². The fourth-order valence-corrected chi connectivity index (χ4v) is 1.23. The molecule has 0 aliphatic carbocycles. The summed E-state index contributed by atoms with van der Waals surface area (Å²) in [4.78, 5) is 0. The fraction of sp³-hybridized carbons (Fsp3) is 1.00. The van der Waals surface area contributed by atoms with Gasteiger partial charge in [-0.25, -0.2) is 0 Å². The molecule has 1 fully saturated rings. The van der Waals surface area contributed by atoms with Gasteiger partial charge in [-0.15, -0.1) is 0 Å². The predicted octanol–water partition coefficient (Wildman–Crippen LogP) is -0.888. The number of rotatable bonds is 2. The van der Waals surface area contributed by atoms with E-state index in [9.17, 15) is 5.11 Å². The quantitative estimate of drug-likeness (QED) is 0.551. The van der Waals surface area contributed by atoms with Crippen molar-refractivity contribution in [2.75, 3.05) is 26.9 Å². The monoisotopic (exact) mass is 161 g/mol. The van der Waals surface area contributed by atoms with Gasteiger partial charge in [-0.2, -0.15) is 0 Å². The van der Waals surface area contributed by atoms with Crippen LogP contribution < -0.4 is 5.73 Å². The van der Waals surface area contributed by atoms with E-state index >= 15 is 0 Å². The highest BCUT2D eigenvalue weighted by molar-refractivity contribution is 4.91. The van der Waals surface area contributed by atoms with Crippen molar-refractivity contribution in [1.82, 2.24) is 0 Å². The molecule has 0 amide bonds. The lowest BCUT2D eigenvalue weighted by Crippen LogP contribution is -2.57. The second-order valence-electron chi connectivity index (χ2n) is 2.98. The van der Waals surface area contributed by atoms with Crippen LogP contribution in [0.15, 0.2) is 0 Å². The smallest absolute Gasteiger partial charge is 0.126 e. The van der Waals surface area contributed by atoms with Gasteiger partial charge in [0.05, 0.1) is 13.2 Å². The third-order valence-electron chi connectivity index (χ3n) is 2.01. The van der Waals surface area contributed by atoms with E-state index in [1.165, 1.54) is 0 Å². The summed E-state index contributed by atoms with van der Waals surface area (Å²) in [5.41, 5.74) is 4.71. The SMILES string of the molecule is COCC1(O)COCCC1N. The maximum atomic E-state index is 9.76. The van der Waals surface area contributed by atoms with Crippen molar-refractivity contribution in [3.05, 3.63) is 0 Å². The van der Waals surface area contributed by atoms with Crippen molar-refractivity contribution in [3.63, 3.8) is 0 Å². The third kappa shape index (κ3) is 1.90. The van der Waals surface area contributed by atoms with Gasteiger partial charge in [-0.3, -0.25) is 0 Å². The zero-order chi connectivity index (χ0) is 8.32. The van der Waals surface area contributed by atoms with Crippen LogP contribution in [-0.2, 0) is 9.47 Å². The molecule has 0 bridgehead atoms. The molecule has 11 heavy (non-hydrogen) atoms. The van der Waals surface area contributed by atoms with Crippen LogP contribution in [0.1, 0.15) is 6.42 Å². The van der Waals surface area contributed by atoms with E-state index in [0.29, 0.717) is 13.0 Å². The van der Waals surface area contributed by atoms with Crippen LogP contribution in [0.25, 0.3) is 0 Å². The molecule has 0 aromatic rings. The summed E-state index contributed by atoms with van der Waals surface area (Å²) < 4.78 is 9.94. The van der Waals surface area contributed by atoms with Crippen molar-refractivity contribution in [2.45, 2.75) is 18.1 Å². The molecule has 0 aromatic heterocycles. The zero-order valence-corrected chi connectivity index (χ0v) is 6.75. The molecule has 1 rings (SSSR count). The first kappa shape index (κ1) is 8.93. The lowest BCUT2D eigenvalue weighted by molar-refractivity contribution is -0.129. The van der Waals surface area contributed by atoms with Crippen molar-refractivity contribution in [2.24, 2.45) is 5.73 Å². The van der Waals surface area contributed by atoms with Gasteiger partial charge >= 0.3 is 0 Å². The van der Waals surface area contributed by atoms with E-state index < -0.39 is 5.60 Å². The number of ether oxygens (including phenoxy) is 2. The van der Waals surface area contributed by atoms with Gasteiger partial charge in [0, 0.05) is 19.8 Å². The Labute approximate surface area is 66.3 Å². The van der Waals surface area contributed by atoms with Gasteiger partial charge < -0.3 is 20.3 Å². The van der Waals surface area contributed by atoms with Crippen LogP contribution in [0.4, 0.5) is 0 Å².